The number of halogens is 1. The first-order valence-electron chi connectivity index (χ1n) is 5.58. The first-order chi connectivity index (χ1) is 7.70. The summed E-state index contributed by atoms with van der Waals surface area (Å²) in [6.45, 7) is 6.61. The summed E-state index contributed by atoms with van der Waals surface area (Å²) in [6, 6.07) is 4.48. The minimum absolute atomic E-state index is 0.381. The third kappa shape index (κ3) is 2.47. The Kier molecular flexibility index (Phi) is 3.66. The fourth-order valence-electron chi connectivity index (χ4n) is 2.01. The normalized spacial score (nSPS) is 21.2. The van der Waals surface area contributed by atoms with Crippen LogP contribution in [0.5, 0.6) is 0 Å². The molecule has 1 saturated heterocycles. The summed E-state index contributed by atoms with van der Waals surface area (Å²) in [7, 11) is 0. The SMILES string of the molecule is Cc1cc(CCl)cc(N2CCOCC2C)n1. The van der Waals surface area contributed by atoms with E-state index in [1.807, 2.05) is 13.0 Å². The highest BCUT2D eigenvalue weighted by Crippen LogP contribution is 2.20. The lowest BCUT2D eigenvalue weighted by molar-refractivity contribution is 0.0985. The topological polar surface area (TPSA) is 25.4 Å². The van der Waals surface area contributed by atoms with Gasteiger partial charge in [0.25, 0.3) is 0 Å². The average molecular weight is 241 g/mol. The van der Waals surface area contributed by atoms with Crippen molar-refractivity contribution < 1.29 is 4.74 Å². The molecule has 3 nitrogen and oxygen atoms in total. The molecule has 16 heavy (non-hydrogen) atoms. The summed E-state index contributed by atoms with van der Waals surface area (Å²) >= 11 is 5.88. The Balaban J connectivity index is 2.27. The van der Waals surface area contributed by atoms with E-state index in [0.29, 0.717) is 11.9 Å². The van der Waals surface area contributed by atoms with Crippen molar-refractivity contribution in [3.8, 4) is 0 Å². The number of alkyl halides is 1. The Morgan fingerprint density at radius 2 is 2.38 bits per heavy atom. The van der Waals surface area contributed by atoms with E-state index in [1.165, 1.54) is 0 Å². The molecule has 2 heterocycles. The highest BCUT2D eigenvalue weighted by molar-refractivity contribution is 6.17. The molecule has 1 aliphatic rings. The summed E-state index contributed by atoms with van der Waals surface area (Å²) in [6.07, 6.45) is 0. The van der Waals surface area contributed by atoms with E-state index >= 15 is 0 Å². The minimum Gasteiger partial charge on any atom is -0.377 e. The zero-order valence-corrected chi connectivity index (χ0v) is 10.5. The van der Waals surface area contributed by atoms with Crippen LogP contribution in [0.25, 0.3) is 0 Å². The number of rotatable bonds is 2. The summed E-state index contributed by atoms with van der Waals surface area (Å²) in [5, 5.41) is 0. The molecule has 0 N–H and O–H groups in total. The standard InChI is InChI=1S/C12H17ClN2O/c1-9-5-11(7-13)6-12(14-9)15-3-4-16-8-10(15)2/h5-6,10H,3-4,7-8H2,1-2H3. The van der Waals surface area contributed by atoms with Crippen molar-refractivity contribution >= 4 is 17.4 Å². The Morgan fingerprint density at radius 1 is 1.56 bits per heavy atom. The Bertz CT molecular complexity index is 370. The number of nitrogens with zero attached hydrogens (tertiary/aromatic N) is 2. The molecule has 1 aromatic heterocycles. The first-order valence-corrected chi connectivity index (χ1v) is 6.12. The average Bonchev–Trinajstić information content (AvgIpc) is 2.28. The smallest absolute Gasteiger partial charge is 0.129 e. The lowest BCUT2D eigenvalue weighted by Gasteiger charge is -2.34. The zero-order valence-electron chi connectivity index (χ0n) is 9.74. The van der Waals surface area contributed by atoms with E-state index in [2.05, 4.69) is 22.9 Å². The van der Waals surface area contributed by atoms with Gasteiger partial charge in [-0.1, -0.05) is 0 Å². The van der Waals surface area contributed by atoms with Crippen LogP contribution in [0.15, 0.2) is 12.1 Å². The van der Waals surface area contributed by atoms with Crippen molar-refractivity contribution in [1.29, 1.82) is 0 Å². The second-order valence-corrected chi connectivity index (χ2v) is 4.49. The molecule has 4 heteroatoms. The number of pyridine rings is 1. The second-order valence-electron chi connectivity index (χ2n) is 4.23. The molecule has 0 aliphatic carbocycles. The maximum Gasteiger partial charge on any atom is 0.129 e. The van der Waals surface area contributed by atoms with Crippen LogP contribution in [-0.4, -0.2) is 30.8 Å². The summed E-state index contributed by atoms with van der Waals surface area (Å²) < 4.78 is 5.42. The van der Waals surface area contributed by atoms with Crippen molar-refractivity contribution in [2.75, 3.05) is 24.7 Å². The number of morpholine rings is 1. The molecule has 1 unspecified atom stereocenters. The van der Waals surface area contributed by atoms with Crippen LogP contribution in [-0.2, 0) is 10.6 Å². The Labute approximate surface area is 101 Å². The molecular formula is C12H17ClN2O. The lowest BCUT2D eigenvalue weighted by Crippen LogP contribution is -2.44. The zero-order chi connectivity index (χ0) is 11.5. The fourth-order valence-corrected chi connectivity index (χ4v) is 2.17. The van der Waals surface area contributed by atoms with Gasteiger partial charge in [0.05, 0.1) is 19.3 Å². The molecule has 0 radical (unpaired) electrons. The van der Waals surface area contributed by atoms with Crippen molar-refractivity contribution in [2.24, 2.45) is 0 Å². The molecule has 0 bridgehead atoms. The van der Waals surface area contributed by atoms with Gasteiger partial charge in [-0.2, -0.15) is 0 Å². The van der Waals surface area contributed by atoms with Crippen molar-refractivity contribution in [3.05, 3.63) is 23.4 Å². The van der Waals surface area contributed by atoms with Crippen molar-refractivity contribution in [3.63, 3.8) is 0 Å². The molecule has 1 atom stereocenters. The van der Waals surface area contributed by atoms with Crippen LogP contribution in [0.1, 0.15) is 18.2 Å². The highest BCUT2D eigenvalue weighted by Gasteiger charge is 2.20. The molecule has 2 rings (SSSR count). The largest absolute Gasteiger partial charge is 0.377 e. The van der Waals surface area contributed by atoms with E-state index in [0.717, 1.165) is 36.8 Å². The van der Waals surface area contributed by atoms with E-state index in [1.54, 1.807) is 0 Å². The molecule has 1 fully saturated rings. The van der Waals surface area contributed by atoms with Gasteiger partial charge in [0.1, 0.15) is 5.82 Å². The van der Waals surface area contributed by atoms with Gasteiger partial charge < -0.3 is 9.64 Å². The van der Waals surface area contributed by atoms with E-state index in [9.17, 15) is 0 Å². The number of hydrogen-bond donors (Lipinski definition) is 0. The summed E-state index contributed by atoms with van der Waals surface area (Å²) in [4.78, 5) is 6.85. The second kappa shape index (κ2) is 5.02. The number of hydrogen-bond acceptors (Lipinski definition) is 3. The highest BCUT2D eigenvalue weighted by atomic mass is 35.5. The van der Waals surface area contributed by atoms with Gasteiger partial charge in [-0.15, -0.1) is 11.6 Å². The quantitative estimate of drug-likeness (QED) is 0.742. The molecule has 0 aromatic carbocycles. The van der Waals surface area contributed by atoms with Crippen molar-refractivity contribution in [2.45, 2.75) is 25.8 Å². The van der Waals surface area contributed by atoms with Crippen LogP contribution < -0.4 is 4.90 Å². The Morgan fingerprint density at radius 3 is 3.06 bits per heavy atom. The van der Waals surface area contributed by atoms with Gasteiger partial charge in [-0.3, -0.25) is 0 Å². The van der Waals surface area contributed by atoms with Crippen molar-refractivity contribution in [1.82, 2.24) is 4.98 Å². The van der Waals surface area contributed by atoms with Gasteiger partial charge >= 0.3 is 0 Å². The Hall–Kier alpha value is -0.800. The molecule has 1 aromatic rings. The van der Waals surface area contributed by atoms with E-state index < -0.39 is 0 Å². The first kappa shape index (κ1) is 11.7. The summed E-state index contributed by atoms with van der Waals surface area (Å²) in [5.74, 6) is 1.56. The van der Waals surface area contributed by atoms with Gasteiger partial charge in [-0.05, 0) is 31.5 Å². The molecule has 0 saturated carbocycles. The molecule has 1 aliphatic heterocycles. The monoisotopic (exact) mass is 240 g/mol. The number of anilines is 1. The van der Waals surface area contributed by atoms with Crippen LogP contribution in [0.3, 0.4) is 0 Å². The molecule has 0 spiro atoms. The van der Waals surface area contributed by atoms with E-state index in [4.69, 9.17) is 16.3 Å². The predicted molar refractivity (Wildman–Crippen MR) is 66.2 cm³/mol. The fraction of sp³-hybridized carbons (Fsp3) is 0.583. The third-order valence-electron chi connectivity index (χ3n) is 2.82. The summed E-state index contributed by atoms with van der Waals surface area (Å²) in [5.41, 5.74) is 2.15. The number of aromatic nitrogens is 1. The van der Waals surface area contributed by atoms with Crippen LogP contribution in [0.2, 0.25) is 0 Å². The number of aryl methyl sites for hydroxylation is 1. The van der Waals surface area contributed by atoms with Gasteiger partial charge in [0.2, 0.25) is 0 Å². The maximum absolute atomic E-state index is 5.88. The van der Waals surface area contributed by atoms with Crippen LogP contribution in [0.4, 0.5) is 5.82 Å². The lowest BCUT2D eigenvalue weighted by atomic mass is 10.2. The van der Waals surface area contributed by atoms with Crippen LogP contribution in [0, 0.1) is 6.92 Å². The van der Waals surface area contributed by atoms with Gasteiger partial charge in [0, 0.05) is 18.1 Å². The van der Waals surface area contributed by atoms with Gasteiger partial charge in [-0.25, -0.2) is 4.98 Å². The minimum atomic E-state index is 0.381. The third-order valence-corrected chi connectivity index (χ3v) is 3.12. The molecule has 0 amide bonds. The number of ether oxygens (including phenoxy) is 1. The molecule has 88 valence electrons. The van der Waals surface area contributed by atoms with Gasteiger partial charge in [0.15, 0.2) is 0 Å². The molecular weight excluding hydrogens is 224 g/mol. The van der Waals surface area contributed by atoms with E-state index in [-0.39, 0.29) is 0 Å². The van der Waals surface area contributed by atoms with Crippen LogP contribution >= 0.6 is 11.6 Å². The maximum atomic E-state index is 5.88. The predicted octanol–water partition coefficient (Wildman–Crippen LogP) is 2.35.